The van der Waals surface area contributed by atoms with Gasteiger partial charge in [0.1, 0.15) is 0 Å². The van der Waals surface area contributed by atoms with E-state index in [2.05, 4.69) is 58.0 Å². The first kappa shape index (κ1) is 39.2. The molecule has 5 aliphatic rings. The molecule has 0 saturated carbocycles. The van der Waals surface area contributed by atoms with Crippen molar-refractivity contribution in [3.8, 4) is 0 Å². The van der Waals surface area contributed by atoms with Crippen LogP contribution in [0.3, 0.4) is 0 Å². The predicted octanol–water partition coefficient (Wildman–Crippen LogP) is 5.35. The molecule has 6 bridgehead atoms. The molecule has 2 aromatic rings. The Morgan fingerprint density at radius 2 is 1.70 bits per heavy atom. The summed E-state index contributed by atoms with van der Waals surface area (Å²) in [6.07, 6.45) is 8.19. The van der Waals surface area contributed by atoms with Gasteiger partial charge in [-0.2, -0.15) is 0 Å². The van der Waals surface area contributed by atoms with Gasteiger partial charge < -0.3 is 4.74 Å². The molecule has 0 radical (unpaired) electrons. The number of aliphatic imine (C=N–C) groups is 2. The molecule has 0 fully saturated rings. The molecular weight excluding hydrogens is 811 g/mol. The number of hydrogen-bond acceptors (Lipinski definition) is 9. The van der Waals surface area contributed by atoms with Crippen molar-refractivity contribution in [1.82, 2.24) is 5.11 Å². The fourth-order valence-electron chi connectivity index (χ4n) is 8.81. The molecule has 7 rings (SSSR count). The Balaban J connectivity index is 1.42. The van der Waals surface area contributed by atoms with Crippen LogP contribution in [0.2, 0.25) is 0 Å². The van der Waals surface area contributed by atoms with Crippen molar-refractivity contribution in [2.45, 2.75) is 73.3 Å². The Hall–Kier alpha value is -3.00. The number of methoxy groups -OCH3 is 2. The fraction of sp³-hybridized carbons (Fsp3) is 0.512. The van der Waals surface area contributed by atoms with Crippen LogP contribution in [-0.4, -0.2) is 103 Å². The number of hydrogen-bond donors (Lipinski definition) is 0. The van der Waals surface area contributed by atoms with Crippen LogP contribution >= 0.6 is 8.58 Å². The summed E-state index contributed by atoms with van der Waals surface area (Å²) in [5.74, 6) is -0.232. The number of fused-ring (bicyclic) bond motifs is 2. The minimum atomic E-state index is -3.73. The average molecular weight is 861 g/mol. The van der Waals surface area contributed by atoms with Crippen molar-refractivity contribution in [3.05, 3.63) is 66.9 Å². The van der Waals surface area contributed by atoms with Gasteiger partial charge in [-0.25, -0.2) is 0 Å². The minimum absolute atomic E-state index is 0.000715. The van der Waals surface area contributed by atoms with Crippen molar-refractivity contribution in [3.63, 3.8) is 0 Å². The second-order valence-corrected chi connectivity index (χ2v) is 21.9. The molecule has 0 amide bonds. The van der Waals surface area contributed by atoms with E-state index in [1.54, 1.807) is 7.11 Å². The molecule has 11 nitrogen and oxygen atoms in total. The molecule has 13 heteroatoms. The number of halogens is 1. The second kappa shape index (κ2) is 16.2. The summed E-state index contributed by atoms with van der Waals surface area (Å²) in [5, 5.41) is 1.99. The van der Waals surface area contributed by atoms with E-state index in [1.807, 2.05) is 6.92 Å². The van der Waals surface area contributed by atoms with Crippen molar-refractivity contribution < 1.29 is 33.3 Å². The van der Waals surface area contributed by atoms with E-state index in [0.717, 1.165) is 84.7 Å². The zero-order chi connectivity index (χ0) is 38.4. The van der Waals surface area contributed by atoms with Gasteiger partial charge in [0.25, 0.3) is 0 Å². The standard InChI is InChI=1S/C41H51N4O7.ClH.In/c1-9-27-22(2)30-21-35-38(26(6)52-17-16-51-15-14-50-13-12-48-7)24(4)32(43-35)19-31-23(3)28(10-11-37(47)49-8)40(44-31)29-18-36(46)39-25(5)33(45-41(29)39)20-34(27)42-30;;/h19-21,23,26,28H,9-18H2,1-8H3,(H-,42,43,44,45,46);1H;/q-1;;+3/p-2/t23-,26?,28-;;/m0../s1. The predicted molar refractivity (Wildman–Crippen MR) is 212 cm³/mol. The molecular formula is C41H50ClInN4O7. The number of rotatable bonds is 15. The summed E-state index contributed by atoms with van der Waals surface area (Å²) >= 11 is -3.73. The summed E-state index contributed by atoms with van der Waals surface area (Å²) < 4.78 is 32.7. The molecule has 286 valence electrons. The molecule has 0 aromatic carbocycles. The van der Waals surface area contributed by atoms with Crippen LogP contribution in [0, 0.1) is 25.7 Å². The van der Waals surface area contributed by atoms with Crippen LogP contribution < -0.4 is 10.7 Å². The van der Waals surface area contributed by atoms with Crippen molar-refractivity contribution in [2.75, 3.05) is 53.9 Å². The Morgan fingerprint density at radius 1 is 0.981 bits per heavy atom. The molecule has 0 saturated heterocycles. The Morgan fingerprint density at radius 3 is 2.41 bits per heavy atom. The second-order valence-electron chi connectivity index (χ2n) is 14.6. The zero-order valence-electron chi connectivity index (χ0n) is 32.6. The number of aromatic nitrogens is 2. The summed E-state index contributed by atoms with van der Waals surface area (Å²) in [6.45, 7) is 15.7. The number of allylic oxidation sites excluding steroid dienone is 4. The molecule has 54 heavy (non-hydrogen) atoms. The summed E-state index contributed by atoms with van der Waals surface area (Å²) in [6, 6.07) is 0. The van der Waals surface area contributed by atoms with E-state index in [-0.39, 0.29) is 42.5 Å². The van der Waals surface area contributed by atoms with Crippen LogP contribution in [0.15, 0.2) is 32.5 Å². The molecule has 0 N–H and O–H groups in total. The van der Waals surface area contributed by atoms with Crippen LogP contribution in [0.1, 0.15) is 97.9 Å². The quantitative estimate of drug-likeness (QED) is 0.175. The third-order valence-electron chi connectivity index (χ3n) is 11.7. The number of nitrogens with zero attached hydrogens (tertiary/aromatic N) is 4. The number of carbonyl (C=O) groups is 2. The fourth-order valence-corrected chi connectivity index (χ4v) is 17.8. The monoisotopic (exact) mass is 860 g/mol. The molecule has 0 spiro atoms. The first-order valence-corrected chi connectivity index (χ1v) is 26.2. The van der Waals surface area contributed by atoms with Crippen LogP contribution in [-0.2, 0) is 28.5 Å². The van der Waals surface area contributed by atoms with Crippen molar-refractivity contribution in [1.29, 1.82) is 0 Å². The third-order valence-corrected chi connectivity index (χ3v) is 19.8. The van der Waals surface area contributed by atoms with E-state index in [4.69, 9.17) is 42.2 Å². The molecule has 2 aromatic heterocycles. The summed E-state index contributed by atoms with van der Waals surface area (Å²) in [5.41, 5.74) is 12.5. The first-order valence-electron chi connectivity index (χ1n) is 19.0. The van der Waals surface area contributed by atoms with E-state index < -0.39 is 20.8 Å². The van der Waals surface area contributed by atoms with Gasteiger partial charge in [0.2, 0.25) is 0 Å². The van der Waals surface area contributed by atoms with Crippen LogP contribution in [0.5, 0.6) is 0 Å². The topological polar surface area (TPSA) is 115 Å². The zero-order valence-corrected chi connectivity index (χ0v) is 36.7. The van der Waals surface area contributed by atoms with Crippen LogP contribution in [0.25, 0.3) is 23.8 Å². The van der Waals surface area contributed by atoms with Gasteiger partial charge in [0.15, 0.2) is 0 Å². The summed E-state index contributed by atoms with van der Waals surface area (Å²) in [7, 11) is 11.2. The van der Waals surface area contributed by atoms with Crippen molar-refractivity contribution >= 4 is 76.4 Å². The van der Waals surface area contributed by atoms with Gasteiger partial charge in [-0.3, -0.25) is 0 Å². The number of ether oxygens (including phenoxy) is 5. The maximum absolute atomic E-state index is 14.1. The molecule has 1 unspecified atom stereocenters. The van der Waals surface area contributed by atoms with Gasteiger partial charge in [-0.05, 0) is 0 Å². The molecule has 1 aliphatic carbocycles. The normalized spacial score (nSPS) is 20.2. The van der Waals surface area contributed by atoms with Gasteiger partial charge in [-0.1, -0.05) is 0 Å². The Kier molecular flexibility index (Phi) is 11.8. The van der Waals surface area contributed by atoms with E-state index in [0.29, 0.717) is 46.1 Å². The Labute approximate surface area is 329 Å². The summed E-state index contributed by atoms with van der Waals surface area (Å²) in [4.78, 5) is 37.2. The number of carbonyl (C=O) groups excluding carboxylic acids is 2. The van der Waals surface area contributed by atoms with Gasteiger partial charge >= 0.3 is 312 Å². The maximum atomic E-state index is 14.1. The third kappa shape index (κ3) is 6.78. The Bertz CT molecular complexity index is 2190. The number of ketones is 1. The molecule has 3 atom stereocenters. The number of esters is 1. The van der Waals surface area contributed by atoms with E-state index in [1.165, 1.54) is 12.7 Å². The van der Waals surface area contributed by atoms with Gasteiger partial charge in [-0.15, -0.1) is 0 Å². The van der Waals surface area contributed by atoms with E-state index >= 15 is 0 Å². The SMILES string of the molecule is CCC1=C(C)C2=NC1=Cc1c(C)c3c4[n]1[In]([Cl])[n]1c(c(C)c(C(C)OCCOCCOCCOC)c1=C2)=CC1=NC(=C4CC3=O)[C@@H](CCC(=O)OC)[C@@H]1C. The van der Waals surface area contributed by atoms with Crippen molar-refractivity contribution in [2.24, 2.45) is 21.8 Å². The number of Topliss-reactive ketones (excluding diaryl/α,β-unsaturated/α-hetero) is 1. The van der Waals surface area contributed by atoms with Gasteiger partial charge in [0.05, 0.1) is 6.61 Å². The molecule has 6 heterocycles. The van der Waals surface area contributed by atoms with Gasteiger partial charge in [0, 0.05) is 7.11 Å². The average Bonchev–Trinajstić information content (AvgIpc) is 3.89. The van der Waals surface area contributed by atoms with Crippen LogP contribution in [0.4, 0.5) is 0 Å². The first-order chi connectivity index (χ1) is 26.0. The molecule has 4 aliphatic heterocycles. The van der Waals surface area contributed by atoms with E-state index in [9.17, 15) is 9.59 Å².